The first-order valence-electron chi connectivity index (χ1n) is 4.96. The van der Waals surface area contributed by atoms with Gasteiger partial charge in [0, 0.05) is 11.6 Å². The van der Waals surface area contributed by atoms with Crippen molar-refractivity contribution in [3.8, 4) is 0 Å². The number of hydrogen-bond acceptors (Lipinski definition) is 2. The molecule has 0 saturated carbocycles. The van der Waals surface area contributed by atoms with E-state index >= 15 is 0 Å². The molecule has 5 heteroatoms. The van der Waals surface area contributed by atoms with Gasteiger partial charge in [-0.15, -0.1) is 0 Å². The van der Waals surface area contributed by atoms with Crippen molar-refractivity contribution in [1.82, 2.24) is 0 Å². The number of hydrogen-bond donors (Lipinski definition) is 1. The zero-order valence-electron chi connectivity index (χ0n) is 8.93. The van der Waals surface area contributed by atoms with Crippen molar-refractivity contribution >= 4 is 34.8 Å². The summed E-state index contributed by atoms with van der Waals surface area (Å²) >= 11 is 11.6. The Balaban J connectivity index is 2.49. The van der Waals surface area contributed by atoms with Gasteiger partial charge in [-0.05, 0) is 25.1 Å². The van der Waals surface area contributed by atoms with Crippen LogP contribution in [0.3, 0.4) is 0 Å². The number of anilines is 1. The summed E-state index contributed by atoms with van der Waals surface area (Å²) in [6.07, 6.45) is 0.312. The summed E-state index contributed by atoms with van der Waals surface area (Å²) in [6.45, 7) is 2.90. The molecule has 1 rings (SSSR count). The fourth-order valence-electron chi connectivity index (χ4n) is 1.11. The third-order valence-corrected chi connectivity index (χ3v) is 2.43. The lowest BCUT2D eigenvalue weighted by Crippen LogP contribution is -2.14. The minimum atomic E-state index is -0.127. The van der Waals surface area contributed by atoms with E-state index < -0.39 is 0 Å². The molecule has 0 atom stereocenters. The smallest absolute Gasteiger partial charge is 0.226 e. The van der Waals surface area contributed by atoms with Crippen LogP contribution >= 0.6 is 23.2 Å². The van der Waals surface area contributed by atoms with Crippen LogP contribution in [0.5, 0.6) is 0 Å². The first-order valence-corrected chi connectivity index (χ1v) is 5.71. The highest BCUT2D eigenvalue weighted by atomic mass is 35.5. The van der Waals surface area contributed by atoms with Crippen LogP contribution in [0.25, 0.3) is 0 Å². The number of carbonyl (C=O) groups excluding carboxylic acids is 1. The van der Waals surface area contributed by atoms with E-state index in [2.05, 4.69) is 5.32 Å². The molecule has 0 fully saturated rings. The summed E-state index contributed by atoms with van der Waals surface area (Å²) < 4.78 is 5.08. The molecule has 88 valence electrons. The third-order valence-electron chi connectivity index (χ3n) is 1.88. The molecule has 1 N–H and O–H groups in total. The van der Waals surface area contributed by atoms with Crippen LogP contribution < -0.4 is 5.32 Å². The maximum Gasteiger partial charge on any atom is 0.226 e. The number of benzene rings is 1. The number of amides is 1. The van der Waals surface area contributed by atoms with Crippen molar-refractivity contribution < 1.29 is 9.53 Å². The summed E-state index contributed by atoms with van der Waals surface area (Å²) in [5.41, 5.74) is 0.563. The summed E-state index contributed by atoms with van der Waals surface area (Å²) in [7, 11) is 0. The molecule has 0 bridgehead atoms. The van der Waals surface area contributed by atoms with Crippen molar-refractivity contribution in [2.45, 2.75) is 13.3 Å². The topological polar surface area (TPSA) is 38.3 Å². The van der Waals surface area contributed by atoms with Crippen molar-refractivity contribution in [1.29, 1.82) is 0 Å². The highest BCUT2D eigenvalue weighted by Gasteiger charge is 2.05. The highest BCUT2D eigenvalue weighted by molar-refractivity contribution is 6.36. The summed E-state index contributed by atoms with van der Waals surface area (Å²) in [4.78, 5) is 11.4. The average Bonchev–Trinajstić information content (AvgIpc) is 2.23. The second-order valence-corrected chi connectivity index (χ2v) is 3.96. The molecule has 0 aliphatic carbocycles. The Morgan fingerprint density at radius 1 is 1.44 bits per heavy atom. The Morgan fingerprint density at radius 2 is 2.19 bits per heavy atom. The zero-order chi connectivity index (χ0) is 12.0. The molecule has 0 aliphatic rings. The van der Waals surface area contributed by atoms with Gasteiger partial charge in [0.2, 0.25) is 5.91 Å². The molecule has 0 heterocycles. The summed E-state index contributed by atoms with van der Waals surface area (Å²) in [6, 6.07) is 4.93. The molecule has 0 spiro atoms. The quantitative estimate of drug-likeness (QED) is 0.826. The van der Waals surface area contributed by atoms with E-state index in [-0.39, 0.29) is 5.91 Å². The van der Waals surface area contributed by atoms with Crippen molar-refractivity contribution in [2.75, 3.05) is 18.5 Å². The molecule has 1 aromatic carbocycles. The van der Waals surface area contributed by atoms with E-state index in [4.69, 9.17) is 27.9 Å². The normalized spacial score (nSPS) is 10.2. The van der Waals surface area contributed by atoms with Crippen LogP contribution in [0.4, 0.5) is 5.69 Å². The fourth-order valence-corrected chi connectivity index (χ4v) is 1.57. The van der Waals surface area contributed by atoms with Crippen molar-refractivity contribution in [2.24, 2.45) is 0 Å². The molecule has 1 amide bonds. The molecule has 0 radical (unpaired) electrons. The molecule has 1 aromatic rings. The highest BCUT2D eigenvalue weighted by Crippen LogP contribution is 2.25. The van der Waals surface area contributed by atoms with Gasteiger partial charge in [0.25, 0.3) is 0 Å². The Kier molecular flexibility index (Phi) is 5.60. The van der Waals surface area contributed by atoms with Crippen LogP contribution in [0.15, 0.2) is 18.2 Å². The van der Waals surface area contributed by atoms with E-state index in [0.717, 1.165) is 0 Å². The zero-order valence-corrected chi connectivity index (χ0v) is 10.4. The Labute approximate surface area is 105 Å². The van der Waals surface area contributed by atoms with E-state index in [1.54, 1.807) is 18.2 Å². The standard InChI is InChI=1S/C11H13Cl2NO2/c1-2-16-6-5-11(15)14-10-4-3-8(12)7-9(10)13/h3-4,7H,2,5-6H2,1H3,(H,14,15). The maximum atomic E-state index is 11.4. The molecule has 16 heavy (non-hydrogen) atoms. The van der Waals surface area contributed by atoms with Gasteiger partial charge in [-0.3, -0.25) is 4.79 Å². The number of carbonyl (C=O) groups is 1. The summed E-state index contributed by atoms with van der Waals surface area (Å²) in [5, 5.41) is 3.65. The van der Waals surface area contributed by atoms with Gasteiger partial charge in [0.05, 0.1) is 23.7 Å². The van der Waals surface area contributed by atoms with E-state index in [0.29, 0.717) is 35.4 Å². The van der Waals surface area contributed by atoms with Gasteiger partial charge in [0.15, 0.2) is 0 Å². The van der Waals surface area contributed by atoms with Gasteiger partial charge in [-0.1, -0.05) is 23.2 Å². The number of rotatable bonds is 5. The minimum absolute atomic E-state index is 0.127. The molecular weight excluding hydrogens is 249 g/mol. The SMILES string of the molecule is CCOCCC(=O)Nc1ccc(Cl)cc1Cl. The van der Waals surface area contributed by atoms with Crippen LogP contribution in [0.1, 0.15) is 13.3 Å². The second-order valence-electron chi connectivity index (χ2n) is 3.12. The largest absolute Gasteiger partial charge is 0.381 e. The van der Waals surface area contributed by atoms with E-state index in [1.807, 2.05) is 6.92 Å². The molecule has 0 aromatic heterocycles. The monoisotopic (exact) mass is 261 g/mol. The average molecular weight is 262 g/mol. The second kappa shape index (κ2) is 6.74. The molecule has 0 saturated heterocycles. The fraction of sp³-hybridized carbons (Fsp3) is 0.364. The maximum absolute atomic E-state index is 11.4. The molecular formula is C11H13Cl2NO2. The summed E-state index contributed by atoms with van der Waals surface area (Å²) in [5.74, 6) is -0.127. The van der Waals surface area contributed by atoms with Gasteiger partial charge in [0.1, 0.15) is 0 Å². The number of ether oxygens (including phenoxy) is 1. The van der Waals surface area contributed by atoms with Crippen LogP contribution in [-0.4, -0.2) is 19.1 Å². The Hall–Kier alpha value is -0.770. The van der Waals surface area contributed by atoms with Gasteiger partial charge >= 0.3 is 0 Å². The van der Waals surface area contributed by atoms with Gasteiger partial charge in [-0.2, -0.15) is 0 Å². The van der Waals surface area contributed by atoms with Gasteiger partial charge in [-0.25, -0.2) is 0 Å². The molecule has 0 aliphatic heterocycles. The van der Waals surface area contributed by atoms with Crippen LogP contribution in [-0.2, 0) is 9.53 Å². The lowest BCUT2D eigenvalue weighted by atomic mass is 10.3. The van der Waals surface area contributed by atoms with Crippen molar-refractivity contribution in [3.63, 3.8) is 0 Å². The first-order chi connectivity index (χ1) is 7.63. The van der Waals surface area contributed by atoms with Crippen molar-refractivity contribution in [3.05, 3.63) is 28.2 Å². The predicted octanol–water partition coefficient (Wildman–Crippen LogP) is 3.36. The Bertz CT molecular complexity index is 369. The lowest BCUT2D eigenvalue weighted by Gasteiger charge is -2.07. The lowest BCUT2D eigenvalue weighted by molar-refractivity contribution is -0.117. The van der Waals surface area contributed by atoms with E-state index in [9.17, 15) is 4.79 Å². The number of nitrogens with one attached hydrogen (secondary N) is 1. The first kappa shape index (κ1) is 13.3. The predicted molar refractivity (Wildman–Crippen MR) is 66.2 cm³/mol. The van der Waals surface area contributed by atoms with Crippen LogP contribution in [0, 0.1) is 0 Å². The minimum Gasteiger partial charge on any atom is -0.381 e. The Morgan fingerprint density at radius 3 is 2.81 bits per heavy atom. The number of halogens is 2. The molecule has 0 unspecified atom stereocenters. The molecule has 3 nitrogen and oxygen atoms in total. The van der Waals surface area contributed by atoms with Gasteiger partial charge < -0.3 is 10.1 Å². The van der Waals surface area contributed by atoms with E-state index in [1.165, 1.54) is 0 Å². The third kappa shape index (κ3) is 4.39. The van der Waals surface area contributed by atoms with Crippen LogP contribution in [0.2, 0.25) is 10.0 Å².